The van der Waals surface area contributed by atoms with Crippen LogP contribution in [0.4, 0.5) is 0 Å². The van der Waals surface area contributed by atoms with E-state index in [9.17, 15) is 0 Å². The van der Waals surface area contributed by atoms with Crippen LogP contribution in [-0.4, -0.2) is 0 Å². The van der Waals surface area contributed by atoms with E-state index in [0.29, 0.717) is 27.1 Å². The van der Waals surface area contributed by atoms with Gasteiger partial charge in [0.15, 0.2) is 0 Å². The summed E-state index contributed by atoms with van der Waals surface area (Å²) in [6.45, 7) is 29.0. The quantitative estimate of drug-likeness (QED) is 0.518. The van der Waals surface area contributed by atoms with Gasteiger partial charge in [0.25, 0.3) is 0 Å². The molecule has 0 heteroatoms. The van der Waals surface area contributed by atoms with Crippen molar-refractivity contribution in [3.8, 4) is 0 Å². The predicted molar refractivity (Wildman–Crippen MR) is 89.5 cm³/mol. The van der Waals surface area contributed by atoms with Gasteiger partial charge in [-0.05, 0) is 39.9 Å². The molecule has 0 aromatic heterocycles. The Balaban J connectivity index is 5.34. The van der Waals surface area contributed by atoms with Crippen LogP contribution in [0.3, 0.4) is 0 Å². The molecule has 0 aliphatic heterocycles. The second-order valence-electron chi connectivity index (χ2n) is 10.9. The van der Waals surface area contributed by atoms with E-state index in [1.54, 1.807) is 0 Å². The minimum Gasteiger partial charge on any atom is -0.0602 e. The van der Waals surface area contributed by atoms with Crippen molar-refractivity contribution in [1.82, 2.24) is 0 Å². The van der Waals surface area contributed by atoms with Crippen LogP contribution in [0.1, 0.15) is 95.9 Å². The maximum Gasteiger partial charge on any atom is -0.0251 e. The lowest BCUT2D eigenvalue weighted by Crippen LogP contribution is -2.47. The van der Waals surface area contributed by atoms with Crippen LogP contribution in [0, 0.1) is 27.1 Å². The molecule has 0 heterocycles. The second-order valence-corrected chi connectivity index (χ2v) is 10.9. The van der Waals surface area contributed by atoms with E-state index >= 15 is 0 Å². The Kier molecular flexibility index (Phi) is 5.08. The molecule has 0 N–H and O–H groups in total. The van der Waals surface area contributed by atoms with Gasteiger partial charge in [0.2, 0.25) is 0 Å². The fourth-order valence-electron chi connectivity index (χ4n) is 4.01. The molecule has 116 valence electrons. The van der Waals surface area contributed by atoms with Gasteiger partial charge in [-0.3, -0.25) is 0 Å². The molecule has 0 aliphatic rings. The van der Waals surface area contributed by atoms with E-state index < -0.39 is 0 Å². The smallest absolute Gasteiger partial charge is 0.0251 e. The van der Waals surface area contributed by atoms with Crippen molar-refractivity contribution in [2.24, 2.45) is 27.1 Å². The van der Waals surface area contributed by atoms with Gasteiger partial charge in [0.05, 0.1) is 0 Å². The maximum atomic E-state index is 2.48. The first kappa shape index (κ1) is 19.0. The summed E-state index contributed by atoms with van der Waals surface area (Å²) in [5, 5.41) is 0. The third-order valence-electron chi connectivity index (χ3n) is 5.33. The van der Waals surface area contributed by atoms with Crippen molar-refractivity contribution in [3.05, 3.63) is 0 Å². The summed E-state index contributed by atoms with van der Waals surface area (Å²) in [4.78, 5) is 0. The summed E-state index contributed by atoms with van der Waals surface area (Å²) in [6, 6.07) is 0. The fraction of sp³-hybridized carbons (Fsp3) is 1.00. The normalized spacial score (nSPS) is 15.8. The van der Waals surface area contributed by atoms with Gasteiger partial charge in [-0.2, -0.15) is 0 Å². The molecule has 0 rings (SSSR count). The average Bonchev–Trinajstić information content (AvgIpc) is 1.92. The zero-order valence-corrected chi connectivity index (χ0v) is 15.9. The lowest BCUT2D eigenvalue weighted by Gasteiger charge is -2.55. The first-order valence-electron chi connectivity index (χ1n) is 7.91. The molecule has 0 spiro atoms. The molecule has 0 atom stereocenters. The molecule has 0 saturated heterocycles. The highest BCUT2D eigenvalue weighted by Gasteiger charge is 2.49. The maximum absolute atomic E-state index is 2.48. The van der Waals surface area contributed by atoms with Gasteiger partial charge in [-0.25, -0.2) is 0 Å². The van der Waals surface area contributed by atoms with Gasteiger partial charge in [-0.1, -0.05) is 83.1 Å². The van der Waals surface area contributed by atoms with Crippen LogP contribution in [0.5, 0.6) is 0 Å². The van der Waals surface area contributed by atoms with Crippen molar-refractivity contribution in [2.75, 3.05) is 0 Å². The summed E-state index contributed by atoms with van der Waals surface area (Å²) in [5.41, 5.74) is 1.75. The van der Waals surface area contributed by atoms with Crippen LogP contribution in [0.25, 0.3) is 0 Å². The predicted octanol–water partition coefficient (Wildman–Crippen LogP) is 6.94. The molecule has 0 saturated carbocycles. The van der Waals surface area contributed by atoms with E-state index in [0.717, 1.165) is 0 Å². The lowest BCUT2D eigenvalue weighted by molar-refractivity contribution is -0.0614. The molecular formula is C19H40. The topological polar surface area (TPSA) is 0 Å². The zero-order chi connectivity index (χ0) is 15.9. The Morgan fingerprint density at radius 1 is 0.421 bits per heavy atom. The molecule has 0 bridgehead atoms. The van der Waals surface area contributed by atoms with Crippen molar-refractivity contribution < 1.29 is 0 Å². The van der Waals surface area contributed by atoms with Crippen molar-refractivity contribution >= 4 is 0 Å². The Morgan fingerprint density at radius 3 is 0.789 bits per heavy atom. The van der Waals surface area contributed by atoms with Gasteiger partial charge >= 0.3 is 0 Å². The van der Waals surface area contributed by atoms with E-state index in [-0.39, 0.29) is 0 Å². The Labute approximate surface area is 123 Å². The minimum absolute atomic E-state index is 0.306. The average molecular weight is 269 g/mol. The Hall–Kier alpha value is 0. The van der Waals surface area contributed by atoms with Gasteiger partial charge in [0.1, 0.15) is 0 Å². The third kappa shape index (κ3) is 5.12. The van der Waals surface area contributed by atoms with Gasteiger partial charge in [-0.15, -0.1) is 0 Å². The molecule has 0 radical (unpaired) electrons. The summed E-state index contributed by atoms with van der Waals surface area (Å²) in [5.74, 6) is 0. The first-order valence-corrected chi connectivity index (χ1v) is 7.91. The minimum atomic E-state index is 0.306. The molecule has 0 aromatic rings. The monoisotopic (exact) mass is 268 g/mol. The number of hydrogen-bond acceptors (Lipinski definition) is 0. The summed E-state index contributed by atoms with van der Waals surface area (Å²) in [6.07, 6.45) is 2.53. The van der Waals surface area contributed by atoms with Crippen LogP contribution in [0.15, 0.2) is 0 Å². The standard InChI is InChI=1S/C19H40/c1-15(2,3)13-17(7,8)19(11,12)18(9,10)14-16(4,5)6/h13-14H2,1-12H3. The molecular weight excluding hydrogens is 228 g/mol. The number of hydrogen-bond donors (Lipinski definition) is 0. The molecule has 0 unspecified atom stereocenters. The van der Waals surface area contributed by atoms with Crippen LogP contribution >= 0.6 is 0 Å². The van der Waals surface area contributed by atoms with Crippen molar-refractivity contribution in [2.45, 2.75) is 95.9 Å². The van der Waals surface area contributed by atoms with Gasteiger partial charge < -0.3 is 0 Å². The first-order chi connectivity index (χ1) is 7.91. The summed E-state index contributed by atoms with van der Waals surface area (Å²) < 4.78 is 0. The van der Waals surface area contributed by atoms with Crippen LogP contribution < -0.4 is 0 Å². The van der Waals surface area contributed by atoms with E-state index in [1.165, 1.54) is 12.8 Å². The Morgan fingerprint density at radius 2 is 0.632 bits per heavy atom. The van der Waals surface area contributed by atoms with Crippen LogP contribution in [-0.2, 0) is 0 Å². The fourth-order valence-corrected chi connectivity index (χ4v) is 4.01. The van der Waals surface area contributed by atoms with E-state index in [4.69, 9.17) is 0 Å². The molecule has 0 aliphatic carbocycles. The Bertz CT molecular complexity index is 259. The van der Waals surface area contributed by atoms with Crippen molar-refractivity contribution in [1.29, 1.82) is 0 Å². The molecule has 0 amide bonds. The highest BCUT2D eigenvalue weighted by Crippen LogP contribution is 2.58. The molecule has 0 nitrogen and oxygen atoms in total. The molecule has 19 heavy (non-hydrogen) atoms. The molecule has 0 fully saturated rings. The van der Waals surface area contributed by atoms with Crippen molar-refractivity contribution in [3.63, 3.8) is 0 Å². The SMILES string of the molecule is CC(C)(C)CC(C)(C)C(C)(C)C(C)(C)CC(C)(C)C. The largest absolute Gasteiger partial charge is 0.0602 e. The van der Waals surface area contributed by atoms with E-state index in [2.05, 4.69) is 83.1 Å². The lowest BCUT2D eigenvalue weighted by atomic mass is 9.49. The molecule has 0 aromatic carbocycles. The highest BCUT2D eigenvalue weighted by molar-refractivity contribution is 4.99. The zero-order valence-electron chi connectivity index (χ0n) is 15.9. The summed E-state index contributed by atoms with van der Waals surface area (Å²) >= 11 is 0. The third-order valence-corrected chi connectivity index (χ3v) is 5.33. The van der Waals surface area contributed by atoms with Gasteiger partial charge in [0, 0.05) is 0 Å². The second kappa shape index (κ2) is 5.08. The van der Waals surface area contributed by atoms with Crippen LogP contribution in [0.2, 0.25) is 0 Å². The summed E-state index contributed by atoms with van der Waals surface area (Å²) in [7, 11) is 0. The highest BCUT2D eigenvalue weighted by atomic mass is 14.5. The van der Waals surface area contributed by atoms with E-state index in [1.807, 2.05) is 0 Å². The number of rotatable bonds is 4.